The van der Waals surface area contributed by atoms with Crippen molar-refractivity contribution in [3.8, 4) is 0 Å². The molecule has 1 aliphatic heterocycles. The van der Waals surface area contributed by atoms with Crippen LogP contribution in [0.4, 0.5) is 0 Å². The highest BCUT2D eigenvalue weighted by Gasteiger charge is 2.40. The Bertz CT molecular complexity index is 1140. The van der Waals surface area contributed by atoms with Gasteiger partial charge in [-0.05, 0) is 142 Å². The smallest absolute Gasteiger partial charge is 0.310 e. The summed E-state index contributed by atoms with van der Waals surface area (Å²) in [4.78, 5) is 28.9. The van der Waals surface area contributed by atoms with Crippen molar-refractivity contribution < 1.29 is 19.1 Å². The summed E-state index contributed by atoms with van der Waals surface area (Å²) in [6.45, 7) is 8.41. The average Bonchev–Trinajstić information content (AvgIpc) is 3.85. The number of esters is 2. The molecule has 5 nitrogen and oxygen atoms in total. The highest BCUT2D eigenvalue weighted by Crippen LogP contribution is 2.40. The third-order valence-corrected chi connectivity index (χ3v) is 12.9. The summed E-state index contributed by atoms with van der Waals surface area (Å²) >= 11 is 0. The van der Waals surface area contributed by atoms with Crippen molar-refractivity contribution in [1.29, 1.82) is 0 Å². The quantitative estimate of drug-likeness (QED) is 0.0352. The topological polar surface area (TPSA) is 55.8 Å². The van der Waals surface area contributed by atoms with Gasteiger partial charge in [0.25, 0.3) is 0 Å². The van der Waals surface area contributed by atoms with E-state index in [1.54, 1.807) is 0 Å². The minimum Gasteiger partial charge on any atom is -0.462 e. The van der Waals surface area contributed by atoms with Crippen LogP contribution in [0.25, 0.3) is 0 Å². The van der Waals surface area contributed by atoms with Gasteiger partial charge in [0.1, 0.15) is 12.2 Å². The van der Waals surface area contributed by atoms with Crippen LogP contribution in [0.1, 0.15) is 226 Å². The summed E-state index contributed by atoms with van der Waals surface area (Å²) in [5.41, 5.74) is 0. The van der Waals surface area contributed by atoms with Crippen LogP contribution < -0.4 is 0 Å². The number of nitrogens with zero attached hydrogens (tertiary/aromatic N) is 1. The summed E-state index contributed by atoms with van der Waals surface area (Å²) in [5, 5.41) is 0. The number of allylic oxidation sites excluding steroid dienone is 10. The van der Waals surface area contributed by atoms with Gasteiger partial charge in [-0.15, -0.1) is 0 Å². The Kier molecular flexibility index (Phi) is 34.3. The monoisotopic (exact) mass is 834 g/mol. The van der Waals surface area contributed by atoms with Crippen LogP contribution in [0, 0.1) is 17.8 Å². The van der Waals surface area contributed by atoms with E-state index in [0.717, 1.165) is 83.7 Å². The number of hydrogen-bond acceptors (Lipinski definition) is 5. The highest BCUT2D eigenvalue weighted by atomic mass is 16.5. The maximum Gasteiger partial charge on any atom is 0.310 e. The number of carbonyl (C=O) groups excluding carboxylic acids is 2. The zero-order valence-corrected chi connectivity index (χ0v) is 39.8. The van der Waals surface area contributed by atoms with Crippen molar-refractivity contribution in [2.24, 2.45) is 17.8 Å². The normalized spacial score (nSPS) is 20.1. The van der Waals surface area contributed by atoms with Crippen LogP contribution in [-0.2, 0) is 19.1 Å². The molecule has 344 valence electrons. The molecule has 0 amide bonds. The number of hydrogen-bond donors (Lipinski definition) is 0. The van der Waals surface area contributed by atoms with Gasteiger partial charge >= 0.3 is 11.9 Å². The van der Waals surface area contributed by atoms with E-state index >= 15 is 0 Å². The van der Waals surface area contributed by atoms with Crippen molar-refractivity contribution in [3.63, 3.8) is 0 Å². The fourth-order valence-electron chi connectivity index (χ4n) is 9.08. The number of rotatable bonds is 38. The number of likely N-dealkylation sites (tertiary alicyclic amines) is 1. The van der Waals surface area contributed by atoms with E-state index in [0.29, 0.717) is 6.42 Å². The van der Waals surface area contributed by atoms with Gasteiger partial charge in [-0.2, -0.15) is 0 Å². The first-order valence-electron chi connectivity index (χ1n) is 25.8. The third-order valence-electron chi connectivity index (χ3n) is 12.9. The lowest BCUT2D eigenvalue weighted by atomic mass is 9.88. The fraction of sp³-hybridized carbons (Fsp3) is 0.782. The molecule has 4 unspecified atom stereocenters. The standard InChI is InChI=1S/C55H95NO4/c1-5-8-11-13-15-17-19-21-23-25-27-29-31-33-35-38-40-51(41-39-36-34-32-30-28-26-24-22-20-18-16-14-12-9-6-2)59-54(57)47-49-43-44-53(52(49)42-37-10-7-3)60-55(58)50-45-46-56(4)48-50/h10,15-18,21-24,37,49-53H,5-9,11-14,19-20,25-36,38-48H2,1-4H3/b17-15-,18-16-,23-21-,24-22-,37-10-. The van der Waals surface area contributed by atoms with Gasteiger partial charge in [-0.25, -0.2) is 0 Å². The van der Waals surface area contributed by atoms with Gasteiger partial charge in [0.15, 0.2) is 0 Å². The summed E-state index contributed by atoms with van der Waals surface area (Å²) in [6, 6.07) is 0. The highest BCUT2D eigenvalue weighted by molar-refractivity contribution is 5.73. The zero-order chi connectivity index (χ0) is 43.1. The zero-order valence-electron chi connectivity index (χ0n) is 39.8. The van der Waals surface area contributed by atoms with Crippen LogP contribution in [0.2, 0.25) is 0 Å². The van der Waals surface area contributed by atoms with Crippen molar-refractivity contribution in [1.82, 2.24) is 4.90 Å². The van der Waals surface area contributed by atoms with Gasteiger partial charge in [0.2, 0.25) is 0 Å². The van der Waals surface area contributed by atoms with E-state index in [9.17, 15) is 9.59 Å². The number of unbranched alkanes of at least 4 members (excludes halogenated alkanes) is 18. The second kappa shape index (κ2) is 38.3. The summed E-state index contributed by atoms with van der Waals surface area (Å²) in [5.74, 6) is 0.276. The molecule has 0 N–H and O–H groups in total. The molecule has 2 fully saturated rings. The van der Waals surface area contributed by atoms with Gasteiger partial charge < -0.3 is 14.4 Å². The Morgan fingerprint density at radius 2 is 1.08 bits per heavy atom. The molecule has 0 radical (unpaired) electrons. The SMILES string of the molecule is CC/C=C\CC1C(CC(=O)OC(CCCCCCCC/C=C\C/C=C\CCCCC)CCCCCCCC/C=C\C/C=C\CCCCC)CCC1OC(=O)C1CCN(C)C1. The maximum absolute atomic E-state index is 13.6. The number of ether oxygens (including phenoxy) is 2. The molecule has 60 heavy (non-hydrogen) atoms. The molecule has 1 aliphatic carbocycles. The molecule has 1 saturated heterocycles. The van der Waals surface area contributed by atoms with Crippen LogP contribution in [-0.4, -0.2) is 49.2 Å². The van der Waals surface area contributed by atoms with E-state index < -0.39 is 0 Å². The first kappa shape index (κ1) is 53.7. The molecule has 0 aromatic rings. The molecular formula is C55H95NO4. The van der Waals surface area contributed by atoms with Crippen molar-refractivity contribution in [3.05, 3.63) is 60.8 Å². The van der Waals surface area contributed by atoms with E-state index in [-0.39, 0.29) is 41.9 Å². The Hall–Kier alpha value is -2.40. The van der Waals surface area contributed by atoms with E-state index in [1.807, 2.05) is 0 Å². The molecule has 0 aromatic carbocycles. The first-order valence-corrected chi connectivity index (χ1v) is 25.8. The van der Waals surface area contributed by atoms with E-state index in [2.05, 4.69) is 93.5 Å². The molecule has 4 atom stereocenters. The second-order valence-corrected chi connectivity index (χ2v) is 18.4. The van der Waals surface area contributed by atoms with Gasteiger partial charge in [-0.3, -0.25) is 9.59 Å². The molecule has 0 aromatic heterocycles. The summed E-state index contributed by atoms with van der Waals surface area (Å²) < 4.78 is 12.5. The lowest BCUT2D eigenvalue weighted by molar-refractivity contribution is -0.156. The molecular weight excluding hydrogens is 739 g/mol. The second-order valence-electron chi connectivity index (χ2n) is 18.4. The lowest BCUT2D eigenvalue weighted by Gasteiger charge is -2.25. The lowest BCUT2D eigenvalue weighted by Crippen LogP contribution is -2.30. The van der Waals surface area contributed by atoms with Gasteiger partial charge in [-0.1, -0.05) is 159 Å². The first-order chi connectivity index (χ1) is 29.5. The van der Waals surface area contributed by atoms with Crippen molar-refractivity contribution in [2.75, 3.05) is 20.1 Å². The Balaban J connectivity index is 1.77. The molecule has 0 spiro atoms. The summed E-state index contributed by atoms with van der Waals surface area (Å²) in [6.07, 6.45) is 59.7. The van der Waals surface area contributed by atoms with E-state index in [1.165, 1.54) is 128 Å². The Labute approximate surface area is 371 Å². The van der Waals surface area contributed by atoms with Crippen molar-refractivity contribution in [2.45, 2.75) is 238 Å². The molecule has 1 saturated carbocycles. The van der Waals surface area contributed by atoms with Crippen LogP contribution in [0.15, 0.2) is 60.8 Å². The van der Waals surface area contributed by atoms with Gasteiger partial charge in [0, 0.05) is 18.9 Å². The molecule has 2 aliphatic rings. The molecule has 1 heterocycles. The van der Waals surface area contributed by atoms with Crippen LogP contribution in [0.3, 0.4) is 0 Å². The van der Waals surface area contributed by atoms with Crippen LogP contribution in [0.5, 0.6) is 0 Å². The summed E-state index contributed by atoms with van der Waals surface area (Å²) in [7, 11) is 2.07. The molecule has 5 heteroatoms. The fourth-order valence-corrected chi connectivity index (χ4v) is 9.08. The molecule has 2 rings (SSSR count). The minimum absolute atomic E-state index is 0.0157. The maximum atomic E-state index is 13.6. The predicted octanol–water partition coefficient (Wildman–Crippen LogP) is 15.9. The predicted molar refractivity (Wildman–Crippen MR) is 258 cm³/mol. The Morgan fingerprint density at radius 3 is 1.57 bits per heavy atom. The minimum atomic E-state index is -0.102. The van der Waals surface area contributed by atoms with Crippen LogP contribution >= 0.6 is 0 Å². The molecule has 0 bridgehead atoms. The largest absolute Gasteiger partial charge is 0.462 e. The van der Waals surface area contributed by atoms with Crippen molar-refractivity contribution >= 4 is 11.9 Å². The average molecular weight is 834 g/mol. The third kappa shape index (κ3) is 28.2. The van der Waals surface area contributed by atoms with Gasteiger partial charge in [0.05, 0.1) is 5.92 Å². The Morgan fingerprint density at radius 1 is 0.583 bits per heavy atom. The van der Waals surface area contributed by atoms with E-state index in [4.69, 9.17) is 9.47 Å². The number of carbonyl (C=O) groups is 2.